The molecule has 0 fully saturated rings. The van der Waals surface area contributed by atoms with Crippen LogP contribution in [0.5, 0.6) is 0 Å². The smallest absolute Gasteiger partial charge is 0.135 e. The van der Waals surface area contributed by atoms with Crippen molar-refractivity contribution < 1.29 is 13.2 Å². The second-order valence-corrected chi connectivity index (χ2v) is 1.42. The van der Waals surface area contributed by atoms with Crippen molar-refractivity contribution in [2.24, 2.45) is 0 Å². The van der Waals surface area contributed by atoms with Crippen LogP contribution in [-0.2, 0) is 0 Å². The molecule has 0 nitrogen and oxygen atoms in total. The first-order chi connectivity index (χ1) is 2.00. The van der Waals surface area contributed by atoms with E-state index >= 15 is 0 Å². The third kappa shape index (κ3) is 430. The largest absolute Gasteiger partial charge is 0.501 e. The minimum Gasteiger partial charge on any atom is -0.135 e. The van der Waals surface area contributed by atoms with Gasteiger partial charge in [-0.3, -0.25) is 0 Å². The van der Waals surface area contributed by atoms with Gasteiger partial charge in [-0.2, -0.15) is 0 Å². The fourth-order valence-electron chi connectivity index (χ4n) is 0. The SMILES string of the molecule is FC(F)(F)[PH3+]. The molecule has 0 amide bonds. The maximum absolute atomic E-state index is 10.4. The van der Waals surface area contributed by atoms with Crippen molar-refractivity contribution in [1.82, 2.24) is 0 Å². The lowest BCUT2D eigenvalue weighted by atomic mass is 11.6. The molecule has 0 spiro atoms. The van der Waals surface area contributed by atoms with Gasteiger partial charge >= 0.3 is 5.92 Å². The van der Waals surface area contributed by atoms with E-state index < -0.39 is 5.92 Å². The fourth-order valence-corrected chi connectivity index (χ4v) is 0. The zero-order chi connectivity index (χ0) is 4.50. The molecule has 0 aromatic carbocycles. The van der Waals surface area contributed by atoms with Gasteiger partial charge in [-0.05, 0) is 0 Å². The molecule has 32 valence electrons. The summed E-state index contributed by atoms with van der Waals surface area (Å²) in [5.74, 6) is -3.97. The topological polar surface area (TPSA) is 0 Å². The highest BCUT2D eigenvalue weighted by molar-refractivity contribution is 7.17. The normalized spacial score (nSPS) is 12.6. The Morgan fingerprint density at radius 1 is 1.20 bits per heavy atom. The summed E-state index contributed by atoms with van der Waals surface area (Å²) in [5, 5.41) is 0. The first kappa shape index (κ1) is 5.22. The standard InChI is InChI=1S/CH2F3P/c2-1(3,4)5/h5H2/p+1. The average Bonchev–Trinajstić information content (AvgIpc) is 0.722. The summed E-state index contributed by atoms with van der Waals surface area (Å²) in [6.45, 7) is 0. The number of rotatable bonds is 0. The summed E-state index contributed by atoms with van der Waals surface area (Å²) in [4.78, 5) is 0. The fraction of sp³-hybridized carbons (Fsp3) is 1.00. The number of hydrogen-bond donors (Lipinski definition) is 0. The number of halogens is 3. The van der Waals surface area contributed by atoms with Crippen molar-refractivity contribution in [2.45, 2.75) is 5.92 Å². The molecule has 0 bridgehead atoms. The van der Waals surface area contributed by atoms with Gasteiger partial charge in [0.2, 0.25) is 0 Å². The van der Waals surface area contributed by atoms with Gasteiger partial charge in [0, 0.05) is 0 Å². The van der Waals surface area contributed by atoms with Crippen LogP contribution in [0.2, 0.25) is 0 Å². The van der Waals surface area contributed by atoms with E-state index in [2.05, 4.69) is 0 Å². The van der Waals surface area contributed by atoms with Crippen molar-refractivity contribution in [3.8, 4) is 0 Å². The predicted molar refractivity (Wildman–Crippen MR) is 17.2 cm³/mol. The number of alkyl halides is 3. The molecule has 0 N–H and O–H groups in total. The Labute approximate surface area is 29.6 Å². The second kappa shape index (κ2) is 1.13. The minimum absolute atomic E-state index is 0.0116. The van der Waals surface area contributed by atoms with E-state index in [0.29, 0.717) is 0 Å². The van der Waals surface area contributed by atoms with Crippen LogP contribution in [0.1, 0.15) is 0 Å². The Morgan fingerprint density at radius 2 is 1.20 bits per heavy atom. The molecule has 0 rings (SSSR count). The molecule has 0 aliphatic rings. The van der Waals surface area contributed by atoms with Gasteiger partial charge < -0.3 is 0 Å². The first-order valence-corrected chi connectivity index (χ1v) is 1.63. The van der Waals surface area contributed by atoms with Crippen LogP contribution in [-0.4, -0.2) is 5.92 Å². The van der Waals surface area contributed by atoms with Crippen molar-refractivity contribution in [2.75, 3.05) is 0 Å². The quantitative estimate of drug-likeness (QED) is 0.403. The van der Waals surface area contributed by atoms with E-state index in [1.807, 2.05) is 0 Å². The van der Waals surface area contributed by atoms with Gasteiger partial charge in [0.1, 0.15) is 0 Å². The second-order valence-electron chi connectivity index (χ2n) is 0.615. The molecule has 0 saturated heterocycles. The van der Waals surface area contributed by atoms with E-state index in [1.54, 1.807) is 0 Å². The third-order valence-corrected chi connectivity index (χ3v) is 0. The van der Waals surface area contributed by atoms with Gasteiger partial charge in [-0.15, -0.1) is 13.2 Å². The van der Waals surface area contributed by atoms with Gasteiger partial charge in [0.25, 0.3) is 0 Å². The molecular weight excluding hydrogens is 100.0 g/mol. The van der Waals surface area contributed by atoms with E-state index in [4.69, 9.17) is 0 Å². The van der Waals surface area contributed by atoms with Crippen molar-refractivity contribution in [3.63, 3.8) is 0 Å². The molecule has 0 heterocycles. The molecule has 4 heteroatoms. The maximum atomic E-state index is 10.4. The molecule has 0 aliphatic carbocycles. The van der Waals surface area contributed by atoms with Crippen LogP contribution in [0.15, 0.2) is 0 Å². The molecule has 0 aromatic heterocycles. The summed E-state index contributed by atoms with van der Waals surface area (Å²) < 4.78 is 31.1. The molecule has 0 aromatic rings. The summed E-state index contributed by atoms with van der Waals surface area (Å²) in [6, 6.07) is 0. The molecule has 1 unspecified atom stereocenters. The number of hydrogen-bond acceptors (Lipinski definition) is 0. The van der Waals surface area contributed by atoms with Crippen LogP contribution in [0.25, 0.3) is 0 Å². The van der Waals surface area contributed by atoms with Crippen molar-refractivity contribution >= 4 is 9.24 Å². The first-order valence-electron chi connectivity index (χ1n) is 0.921. The summed E-state index contributed by atoms with van der Waals surface area (Å²) in [6.07, 6.45) is 0. The zero-order valence-electron chi connectivity index (χ0n) is 2.34. The van der Waals surface area contributed by atoms with E-state index in [-0.39, 0.29) is 9.24 Å². The van der Waals surface area contributed by atoms with Crippen LogP contribution in [0.4, 0.5) is 13.2 Å². The molecule has 0 radical (unpaired) electrons. The Balaban J connectivity index is 3.02. The highest BCUT2D eigenvalue weighted by Gasteiger charge is 2.23. The molecule has 0 saturated carbocycles. The van der Waals surface area contributed by atoms with Gasteiger partial charge in [-0.25, -0.2) is 0 Å². The Kier molecular flexibility index (Phi) is 1.18. The monoisotopic (exact) mass is 103 g/mol. The maximum Gasteiger partial charge on any atom is 0.501 e. The van der Waals surface area contributed by atoms with E-state index in [1.165, 1.54) is 0 Å². The van der Waals surface area contributed by atoms with Gasteiger partial charge in [-0.1, -0.05) is 0 Å². The molecule has 5 heavy (non-hydrogen) atoms. The van der Waals surface area contributed by atoms with Gasteiger partial charge in [0.15, 0.2) is 0 Å². The van der Waals surface area contributed by atoms with Crippen LogP contribution in [0, 0.1) is 0 Å². The third-order valence-electron chi connectivity index (χ3n) is 0. The Hall–Kier alpha value is 0.220. The molecular formula is CH3F3P+. The zero-order valence-corrected chi connectivity index (χ0v) is 3.76. The highest BCUT2D eigenvalue weighted by atomic mass is 31.0. The molecule has 0 aliphatic heterocycles. The summed E-state index contributed by atoms with van der Waals surface area (Å²) >= 11 is 0. The lowest BCUT2D eigenvalue weighted by Gasteiger charge is -1.81. The summed E-state index contributed by atoms with van der Waals surface area (Å²) in [7, 11) is 0.0116. The van der Waals surface area contributed by atoms with E-state index in [0.717, 1.165) is 0 Å². The van der Waals surface area contributed by atoms with Crippen LogP contribution in [0.3, 0.4) is 0 Å². The van der Waals surface area contributed by atoms with Crippen LogP contribution < -0.4 is 0 Å². The van der Waals surface area contributed by atoms with Gasteiger partial charge in [0.05, 0.1) is 9.24 Å². The lowest BCUT2D eigenvalue weighted by Crippen LogP contribution is -1.88. The average molecular weight is 103 g/mol. The Bertz CT molecular complexity index is 22.4. The lowest BCUT2D eigenvalue weighted by molar-refractivity contribution is -0.0341. The van der Waals surface area contributed by atoms with E-state index in [9.17, 15) is 13.2 Å². The molecule has 1 atom stereocenters. The van der Waals surface area contributed by atoms with Crippen LogP contribution >= 0.6 is 9.24 Å². The minimum atomic E-state index is -3.97. The van der Waals surface area contributed by atoms with Crippen molar-refractivity contribution in [1.29, 1.82) is 0 Å². The summed E-state index contributed by atoms with van der Waals surface area (Å²) in [5.41, 5.74) is 0. The Morgan fingerprint density at radius 3 is 1.20 bits per heavy atom. The predicted octanol–water partition coefficient (Wildman–Crippen LogP) is 1.11. The highest BCUT2D eigenvalue weighted by Crippen LogP contribution is 2.21. The van der Waals surface area contributed by atoms with Crippen molar-refractivity contribution in [3.05, 3.63) is 0 Å².